The molecule has 2 N–H and O–H groups in total. The molecule has 0 aliphatic heterocycles. The third-order valence-electron chi connectivity index (χ3n) is 1.95. The van der Waals surface area contributed by atoms with Crippen LogP contribution in [0.3, 0.4) is 0 Å². The molecule has 0 spiro atoms. The number of nitrogens with zero attached hydrogens (tertiary/aromatic N) is 1. The number of hydrogen-bond donors (Lipinski definition) is 2. The standard InChI is InChI=1S/C10H11N3OS/c14-10(8-2-1-4-11-8)13-5-3-9-12-6-7-15-9/h1-2,4,6-7,11H,3,5H2,(H,13,14). The molecule has 15 heavy (non-hydrogen) atoms. The number of hydrogen-bond acceptors (Lipinski definition) is 3. The van der Waals surface area contributed by atoms with Gasteiger partial charge in [-0.25, -0.2) is 4.98 Å². The van der Waals surface area contributed by atoms with Gasteiger partial charge in [0, 0.05) is 30.7 Å². The third-order valence-corrected chi connectivity index (χ3v) is 2.79. The first-order valence-corrected chi connectivity index (χ1v) is 5.54. The summed E-state index contributed by atoms with van der Waals surface area (Å²) < 4.78 is 0. The second-order valence-electron chi connectivity index (χ2n) is 3.02. The van der Waals surface area contributed by atoms with E-state index in [4.69, 9.17) is 0 Å². The number of aromatic nitrogens is 2. The Morgan fingerprint density at radius 2 is 2.53 bits per heavy atom. The molecule has 0 saturated heterocycles. The topological polar surface area (TPSA) is 57.8 Å². The van der Waals surface area contributed by atoms with E-state index < -0.39 is 0 Å². The van der Waals surface area contributed by atoms with Crippen LogP contribution in [0.5, 0.6) is 0 Å². The maximum Gasteiger partial charge on any atom is 0.267 e. The molecular formula is C10H11N3OS. The number of aromatic amines is 1. The predicted molar refractivity (Wildman–Crippen MR) is 58.9 cm³/mol. The van der Waals surface area contributed by atoms with Crippen LogP contribution in [0.1, 0.15) is 15.5 Å². The van der Waals surface area contributed by atoms with Crippen molar-refractivity contribution >= 4 is 17.2 Å². The molecule has 0 atom stereocenters. The van der Waals surface area contributed by atoms with Crippen molar-refractivity contribution in [2.75, 3.05) is 6.54 Å². The summed E-state index contributed by atoms with van der Waals surface area (Å²) in [7, 11) is 0. The van der Waals surface area contributed by atoms with Crippen molar-refractivity contribution in [3.05, 3.63) is 40.6 Å². The average Bonchev–Trinajstić information content (AvgIpc) is 2.90. The largest absolute Gasteiger partial charge is 0.357 e. The lowest BCUT2D eigenvalue weighted by atomic mass is 10.4. The first-order chi connectivity index (χ1) is 7.36. The number of H-pyrrole nitrogens is 1. The molecule has 2 heterocycles. The molecule has 0 saturated carbocycles. The van der Waals surface area contributed by atoms with Crippen LogP contribution in [0, 0.1) is 0 Å². The SMILES string of the molecule is O=C(NCCc1nccs1)c1ccc[nH]1. The van der Waals surface area contributed by atoms with Crippen LogP contribution in [-0.2, 0) is 6.42 Å². The summed E-state index contributed by atoms with van der Waals surface area (Å²) in [6, 6.07) is 3.55. The predicted octanol–water partition coefficient (Wildman–Crippen LogP) is 1.44. The van der Waals surface area contributed by atoms with Gasteiger partial charge in [-0.2, -0.15) is 0 Å². The van der Waals surface area contributed by atoms with Gasteiger partial charge in [0.05, 0.1) is 5.01 Å². The van der Waals surface area contributed by atoms with E-state index in [1.54, 1.807) is 35.9 Å². The number of carbonyl (C=O) groups is 1. The van der Waals surface area contributed by atoms with Crippen LogP contribution >= 0.6 is 11.3 Å². The monoisotopic (exact) mass is 221 g/mol. The summed E-state index contributed by atoms with van der Waals surface area (Å²) in [5, 5.41) is 5.80. The van der Waals surface area contributed by atoms with E-state index in [2.05, 4.69) is 15.3 Å². The molecule has 5 heteroatoms. The highest BCUT2D eigenvalue weighted by Gasteiger charge is 2.04. The maximum atomic E-state index is 11.5. The molecular weight excluding hydrogens is 210 g/mol. The molecule has 0 aromatic carbocycles. The normalized spacial score (nSPS) is 10.1. The third kappa shape index (κ3) is 2.66. The number of amides is 1. The van der Waals surface area contributed by atoms with E-state index in [0.29, 0.717) is 12.2 Å². The molecule has 0 radical (unpaired) electrons. The van der Waals surface area contributed by atoms with Crippen molar-refractivity contribution in [2.45, 2.75) is 6.42 Å². The van der Waals surface area contributed by atoms with E-state index in [1.165, 1.54) is 0 Å². The van der Waals surface area contributed by atoms with Gasteiger partial charge in [-0.15, -0.1) is 11.3 Å². The first-order valence-electron chi connectivity index (χ1n) is 4.66. The van der Waals surface area contributed by atoms with Crippen LogP contribution in [0.4, 0.5) is 0 Å². The van der Waals surface area contributed by atoms with Crippen molar-refractivity contribution in [1.29, 1.82) is 0 Å². The summed E-state index contributed by atoms with van der Waals surface area (Å²) in [6.07, 6.45) is 4.28. The van der Waals surface area contributed by atoms with Gasteiger partial charge in [0.1, 0.15) is 5.69 Å². The minimum Gasteiger partial charge on any atom is -0.357 e. The first kappa shape index (κ1) is 9.92. The summed E-state index contributed by atoms with van der Waals surface area (Å²) >= 11 is 1.60. The Kier molecular flexibility index (Phi) is 3.14. The van der Waals surface area contributed by atoms with E-state index in [0.717, 1.165) is 11.4 Å². The van der Waals surface area contributed by atoms with Crippen molar-refractivity contribution < 1.29 is 4.79 Å². The lowest BCUT2D eigenvalue weighted by Crippen LogP contribution is -2.25. The van der Waals surface area contributed by atoms with Gasteiger partial charge in [-0.05, 0) is 12.1 Å². The molecule has 0 unspecified atom stereocenters. The molecule has 2 rings (SSSR count). The van der Waals surface area contributed by atoms with E-state index >= 15 is 0 Å². The lowest BCUT2D eigenvalue weighted by Gasteiger charge is -2.01. The Morgan fingerprint density at radius 3 is 3.20 bits per heavy atom. The second-order valence-corrected chi connectivity index (χ2v) is 3.99. The molecule has 2 aromatic rings. The molecule has 78 valence electrons. The Bertz CT molecular complexity index is 408. The van der Waals surface area contributed by atoms with Crippen LogP contribution in [0.25, 0.3) is 0 Å². The average molecular weight is 221 g/mol. The molecule has 2 aromatic heterocycles. The van der Waals surface area contributed by atoms with Crippen LogP contribution in [0.2, 0.25) is 0 Å². The highest BCUT2D eigenvalue weighted by Crippen LogP contribution is 2.03. The van der Waals surface area contributed by atoms with Gasteiger partial charge in [-0.3, -0.25) is 4.79 Å². The molecule has 0 aliphatic carbocycles. The zero-order chi connectivity index (χ0) is 10.5. The Labute approximate surface area is 91.4 Å². The maximum absolute atomic E-state index is 11.5. The van der Waals surface area contributed by atoms with Crippen LogP contribution < -0.4 is 5.32 Å². The van der Waals surface area contributed by atoms with Gasteiger partial charge < -0.3 is 10.3 Å². The van der Waals surface area contributed by atoms with Crippen molar-refractivity contribution in [1.82, 2.24) is 15.3 Å². The summed E-state index contributed by atoms with van der Waals surface area (Å²) in [5.41, 5.74) is 0.592. The van der Waals surface area contributed by atoms with Gasteiger partial charge in [-0.1, -0.05) is 0 Å². The zero-order valence-electron chi connectivity index (χ0n) is 8.06. The van der Waals surface area contributed by atoms with E-state index in [9.17, 15) is 4.79 Å². The highest BCUT2D eigenvalue weighted by molar-refractivity contribution is 7.09. The second kappa shape index (κ2) is 4.75. The Balaban J connectivity index is 1.77. The summed E-state index contributed by atoms with van der Waals surface area (Å²) in [6.45, 7) is 0.616. The molecule has 4 nitrogen and oxygen atoms in total. The van der Waals surface area contributed by atoms with Crippen LogP contribution in [0.15, 0.2) is 29.9 Å². The van der Waals surface area contributed by atoms with Crippen molar-refractivity contribution in [3.63, 3.8) is 0 Å². The van der Waals surface area contributed by atoms with E-state index in [1.807, 2.05) is 5.38 Å². The lowest BCUT2D eigenvalue weighted by molar-refractivity contribution is 0.0950. The van der Waals surface area contributed by atoms with E-state index in [-0.39, 0.29) is 5.91 Å². The van der Waals surface area contributed by atoms with Gasteiger partial charge in [0.15, 0.2) is 0 Å². The smallest absolute Gasteiger partial charge is 0.267 e. The van der Waals surface area contributed by atoms with Gasteiger partial charge in [0.2, 0.25) is 0 Å². The number of carbonyl (C=O) groups excluding carboxylic acids is 1. The number of thiazole rings is 1. The summed E-state index contributed by atoms with van der Waals surface area (Å²) in [5.74, 6) is -0.0726. The molecule has 0 bridgehead atoms. The quantitative estimate of drug-likeness (QED) is 0.820. The zero-order valence-corrected chi connectivity index (χ0v) is 8.88. The number of nitrogens with one attached hydrogen (secondary N) is 2. The fourth-order valence-electron chi connectivity index (χ4n) is 1.23. The van der Waals surface area contributed by atoms with Crippen molar-refractivity contribution in [3.8, 4) is 0 Å². The number of rotatable bonds is 4. The van der Waals surface area contributed by atoms with Gasteiger partial charge in [0.25, 0.3) is 5.91 Å². The van der Waals surface area contributed by atoms with Crippen LogP contribution in [-0.4, -0.2) is 22.4 Å². The molecule has 0 aliphatic rings. The molecule has 1 amide bonds. The van der Waals surface area contributed by atoms with Crippen molar-refractivity contribution in [2.24, 2.45) is 0 Å². The minimum atomic E-state index is -0.0726. The Morgan fingerprint density at radius 1 is 1.60 bits per heavy atom. The van der Waals surface area contributed by atoms with Gasteiger partial charge >= 0.3 is 0 Å². The highest BCUT2D eigenvalue weighted by atomic mass is 32.1. The fourth-order valence-corrected chi connectivity index (χ4v) is 1.85. The Hall–Kier alpha value is -1.62. The molecule has 0 fully saturated rings. The minimum absolute atomic E-state index is 0.0726. The fraction of sp³-hybridized carbons (Fsp3) is 0.200. The summed E-state index contributed by atoms with van der Waals surface area (Å²) in [4.78, 5) is 18.5.